The molecule has 2 heteroatoms. The molecule has 2 aliphatic rings. The Labute approximate surface area is 61.6 Å². The van der Waals surface area contributed by atoms with Crippen molar-refractivity contribution in [2.45, 2.75) is 37.8 Å². The van der Waals surface area contributed by atoms with E-state index in [1.165, 1.54) is 19.4 Å². The van der Waals surface area contributed by atoms with Crippen molar-refractivity contribution in [3.8, 4) is 0 Å². The molecule has 0 aromatic heterocycles. The van der Waals surface area contributed by atoms with Crippen molar-refractivity contribution in [1.82, 2.24) is 5.32 Å². The molecule has 1 aliphatic heterocycles. The highest BCUT2D eigenvalue weighted by molar-refractivity contribution is 4.86. The van der Waals surface area contributed by atoms with Gasteiger partial charge in [-0.05, 0) is 38.1 Å². The third kappa shape index (κ3) is 1.18. The van der Waals surface area contributed by atoms with Crippen LogP contribution in [0.4, 0.5) is 0 Å². The Morgan fingerprint density at radius 2 is 2.10 bits per heavy atom. The number of hydrogen-bond acceptors (Lipinski definition) is 2. The Balaban J connectivity index is 1.98. The second-order valence-corrected chi connectivity index (χ2v) is 3.67. The number of rotatable bonds is 0. The van der Waals surface area contributed by atoms with Crippen LogP contribution < -0.4 is 5.32 Å². The monoisotopic (exact) mass is 141 g/mol. The molecule has 1 aliphatic carbocycles. The molecule has 1 saturated heterocycles. The molecule has 2 fully saturated rings. The van der Waals surface area contributed by atoms with Gasteiger partial charge in [-0.25, -0.2) is 0 Å². The maximum Gasteiger partial charge on any atom is 0.0557 e. The summed E-state index contributed by atoms with van der Waals surface area (Å²) < 4.78 is 0. The third-order valence-electron chi connectivity index (χ3n) is 2.77. The first kappa shape index (κ1) is 6.62. The summed E-state index contributed by atoms with van der Waals surface area (Å²) in [6.07, 6.45) is 4.59. The third-order valence-corrected chi connectivity index (χ3v) is 2.77. The zero-order valence-electron chi connectivity index (χ0n) is 6.21. The van der Waals surface area contributed by atoms with Gasteiger partial charge in [0.05, 0.1) is 6.10 Å². The number of piperidine rings is 1. The fraction of sp³-hybridized carbons (Fsp3) is 1.00. The molecule has 0 radical (unpaired) electrons. The summed E-state index contributed by atoms with van der Waals surface area (Å²) in [6, 6.07) is 0.627. The number of aliphatic hydroxyl groups is 1. The number of aliphatic hydroxyl groups excluding tert-OH is 1. The fourth-order valence-electron chi connectivity index (χ4n) is 2.30. The fourth-order valence-corrected chi connectivity index (χ4v) is 2.30. The van der Waals surface area contributed by atoms with Crippen LogP contribution in [0.1, 0.15) is 25.7 Å². The van der Waals surface area contributed by atoms with Crippen LogP contribution in [0, 0.1) is 5.92 Å². The predicted molar refractivity (Wildman–Crippen MR) is 39.8 cm³/mol. The van der Waals surface area contributed by atoms with Crippen LogP contribution >= 0.6 is 0 Å². The summed E-state index contributed by atoms with van der Waals surface area (Å²) in [5, 5.41) is 12.8. The molecule has 2 nitrogen and oxygen atoms in total. The van der Waals surface area contributed by atoms with Crippen LogP contribution in [0.3, 0.4) is 0 Å². The van der Waals surface area contributed by atoms with Crippen molar-refractivity contribution < 1.29 is 5.11 Å². The largest absolute Gasteiger partial charge is 0.393 e. The molecular formula is C8H15NO. The minimum atomic E-state index is -0.0171. The van der Waals surface area contributed by atoms with E-state index in [4.69, 9.17) is 0 Å². The van der Waals surface area contributed by atoms with E-state index in [9.17, 15) is 5.11 Å². The molecule has 10 heavy (non-hydrogen) atoms. The minimum absolute atomic E-state index is 0.0171. The average molecular weight is 141 g/mol. The van der Waals surface area contributed by atoms with Crippen molar-refractivity contribution in [3.63, 3.8) is 0 Å². The molecule has 1 heterocycles. The topological polar surface area (TPSA) is 32.3 Å². The highest BCUT2D eigenvalue weighted by atomic mass is 16.3. The zero-order valence-corrected chi connectivity index (χ0v) is 6.21. The lowest BCUT2D eigenvalue weighted by Gasteiger charge is -2.37. The lowest BCUT2D eigenvalue weighted by atomic mass is 9.79. The van der Waals surface area contributed by atoms with Gasteiger partial charge >= 0.3 is 0 Å². The van der Waals surface area contributed by atoms with E-state index >= 15 is 0 Å². The smallest absolute Gasteiger partial charge is 0.0557 e. The summed E-state index contributed by atoms with van der Waals surface area (Å²) >= 11 is 0. The van der Waals surface area contributed by atoms with Gasteiger partial charge in [0.2, 0.25) is 0 Å². The average Bonchev–Trinajstić information content (AvgIpc) is 1.85. The van der Waals surface area contributed by atoms with Crippen LogP contribution in [0.2, 0.25) is 0 Å². The van der Waals surface area contributed by atoms with E-state index in [0.717, 1.165) is 18.8 Å². The highest BCUT2D eigenvalue weighted by Gasteiger charge is 2.30. The quantitative estimate of drug-likeness (QED) is 0.515. The van der Waals surface area contributed by atoms with Crippen molar-refractivity contribution in [1.29, 1.82) is 0 Å². The Morgan fingerprint density at radius 3 is 2.90 bits per heavy atom. The van der Waals surface area contributed by atoms with Gasteiger partial charge in [-0.15, -0.1) is 0 Å². The second-order valence-electron chi connectivity index (χ2n) is 3.67. The molecule has 2 rings (SSSR count). The van der Waals surface area contributed by atoms with Gasteiger partial charge in [-0.1, -0.05) is 0 Å². The van der Waals surface area contributed by atoms with Crippen molar-refractivity contribution in [2.75, 3.05) is 6.54 Å². The molecule has 0 aromatic carbocycles. The first-order valence-electron chi connectivity index (χ1n) is 4.26. The molecule has 0 spiro atoms. The number of fused-ring (bicyclic) bond motifs is 2. The van der Waals surface area contributed by atoms with Gasteiger partial charge in [0.1, 0.15) is 0 Å². The normalized spacial score (nSPS) is 47.1. The molecule has 3 atom stereocenters. The zero-order chi connectivity index (χ0) is 6.97. The SMILES string of the molecule is OC1CC2CCNC(C1)C2. The highest BCUT2D eigenvalue weighted by Crippen LogP contribution is 2.29. The Hall–Kier alpha value is -0.0800. The lowest BCUT2D eigenvalue weighted by molar-refractivity contribution is 0.0637. The predicted octanol–water partition coefficient (Wildman–Crippen LogP) is 0.509. The molecule has 0 amide bonds. The molecule has 2 N–H and O–H groups in total. The summed E-state index contributed by atoms with van der Waals surface area (Å²) in [5.74, 6) is 0.815. The van der Waals surface area contributed by atoms with Gasteiger partial charge in [-0.3, -0.25) is 0 Å². The summed E-state index contributed by atoms with van der Waals surface area (Å²) in [5.41, 5.74) is 0. The molecule has 1 saturated carbocycles. The second kappa shape index (κ2) is 2.51. The van der Waals surface area contributed by atoms with Gasteiger partial charge in [0, 0.05) is 6.04 Å². The van der Waals surface area contributed by atoms with E-state index in [2.05, 4.69) is 5.32 Å². The first-order chi connectivity index (χ1) is 4.84. The first-order valence-corrected chi connectivity index (χ1v) is 4.26. The summed E-state index contributed by atoms with van der Waals surface area (Å²) in [6.45, 7) is 1.17. The van der Waals surface area contributed by atoms with Crippen LogP contribution in [-0.4, -0.2) is 23.8 Å². The molecular weight excluding hydrogens is 126 g/mol. The van der Waals surface area contributed by atoms with Gasteiger partial charge < -0.3 is 10.4 Å². The molecule has 0 aromatic rings. The maximum absolute atomic E-state index is 9.38. The standard InChI is InChI=1S/C8H15NO/c10-8-4-6-1-2-9-7(3-6)5-8/h6-10H,1-5H2. The Kier molecular flexibility index (Phi) is 1.66. The van der Waals surface area contributed by atoms with Crippen LogP contribution in [-0.2, 0) is 0 Å². The van der Waals surface area contributed by atoms with Crippen molar-refractivity contribution in [3.05, 3.63) is 0 Å². The Bertz CT molecular complexity index is 110. The summed E-state index contributed by atoms with van der Waals surface area (Å²) in [4.78, 5) is 0. The van der Waals surface area contributed by atoms with E-state index in [-0.39, 0.29) is 6.10 Å². The van der Waals surface area contributed by atoms with Crippen molar-refractivity contribution in [2.24, 2.45) is 5.92 Å². The van der Waals surface area contributed by atoms with Crippen LogP contribution in [0.15, 0.2) is 0 Å². The molecule has 2 bridgehead atoms. The van der Waals surface area contributed by atoms with E-state index in [1.807, 2.05) is 0 Å². The maximum atomic E-state index is 9.38. The number of nitrogens with one attached hydrogen (secondary N) is 1. The number of hydrogen-bond donors (Lipinski definition) is 2. The van der Waals surface area contributed by atoms with Crippen LogP contribution in [0.5, 0.6) is 0 Å². The minimum Gasteiger partial charge on any atom is -0.393 e. The molecule has 3 unspecified atom stereocenters. The van der Waals surface area contributed by atoms with Crippen LogP contribution in [0.25, 0.3) is 0 Å². The van der Waals surface area contributed by atoms with E-state index in [1.54, 1.807) is 0 Å². The lowest BCUT2D eigenvalue weighted by Crippen LogP contribution is -2.45. The Morgan fingerprint density at radius 1 is 1.20 bits per heavy atom. The van der Waals surface area contributed by atoms with E-state index < -0.39 is 0 Å². The summed E-state index contributed by atoms with van der Waals surface area (Å²) in [7, 11) is 0. The molecule has 58 valence electrons. The van der Waals surface area contributed by atoms with Gasteiger partial charge in [0.15, 0.2) is 0 Å². The van der Waals surface area contributed by atoms with Gasteiger partial charge in [-0.2, -0.15) is 0 Å². The van der Waals surface area contributed by atoms with Crippen molar-refractivity contribution >= 4 is 0 Å². The van der Waals surface area contributed by atoms with E-state index in [0.29, 0.717) is 6.04 Å². The van der Waals surface area contributed by atoms with Gasteiger partial charge in [0.25, 0.3) is 0 Å².